The molecule has 0 radical (unpaired) electrons. The number of ether oxygens (including phenoxy) is 1. The van der Waals surface area contributed by atoms with E-state index in [1.807, 2.05) is 4.90 Å². The van der Waals surface area contributed by atoms with Gasteiger partial charge in [0, 0.05) is 13.0 Å². The molecular formula is C13H22N2O5. The van der Waals surface area contributed by atoms with E-state index >= 15 is 0 Å². The van der Waals surface area contributed by atoms with Crippen molar-refractivity contribution in [3.63, 3.8) is 0 Å². The lowest BCUT2D eigenvalue weighted by molar-refractivity contribution is -0.148. The van der Waals surface area contributed by atoms with Crippen LogP contribution in [0.15, 0.2) is 0 Å². The number of amides is 1. The van der Waals surface area contributed by atoms with Gasteiger partial charge in [-0.2, -0.15) is 0 Å². The van der Waals surface area contributed by atoms with Gasteiger partial charge >= 0.3 is 11.9 Å². The smallest absolute Gasteiger partial charge is 0.323 e. The Hall–Kier alpha value is -1.63. The second kappa shape index (κ2) is 8.52. The Morgan fingerprint density at radius 3 is 2.80 bits per heavy atom. The predicted molar refractivity (Wildman–Crippen MR) is 71.1 cm³/mol. The highest BCUT2D eigenvalue weighted by Gasteiger charge is 2.32. The Morgan fingerprint density at radius 1 is 1.40 bits per heavy atom. The van der Waals surface area contributed by atoms with Crippen LogP contribution in [-0.4, -0.2) is 60.1 Å². The van der Waals surface area contributed by atoms with Gasteiger partial charge in [0.25, 0.3) is 0 Å². The number of esters is 1. The first-order valence-corrected chi connectivity index (χ1v) is 6.93. The zero-order valence-corrected chi connectivity index (χ0v) is 11.8. The number of carbonyl (C=O) groups excluding carboxylic acids is 2. The quantitative estimate of drug-likeness (QED) is 0.481. The van der Waals surface area contributed by atoms with Crippen molar-refractivity contribution in [2.75, 3.05) is 26.2 Å². The molecule has 1 unspecified atom stereocenters. The van der Waals surface area contributed by atoms with Crippen molar-refractivity contribution < 1.29 is 24.2 Å². The highest BCUT2D eigenvalue weighted by molar-refractivity contribution is 5.80. The van der Waals surface area contributed by atoms with Crippen LogP contribution in [0.5, 0.6) is 0 Å². The van der Waals surface area contributed by atoms with Crippen molar-refractivity contribution >= 4 is 17.8 Å². The van der Waals surface area contributed by atoms with Crippen LogP contribution in [0, 0.1) is 0 Å². The van der Waals surface area contributed by atoms with E-state index < -0.39 is 5.97 Å². The third kappa shape index (κ3) is 5.56. The van der Waals surface area contributed by atoms with Crippen LogP contribution in [0.3, 0.4) is 0 Å². The van der Waals surface area contributed by atoms with Crippen molar-refractivity contribution in [2.45, 2.75) is 38.6 Å². The Labute approximate surface area is 118 Å². The molecule has 1 fully saturated rings. The zero-order chi connectivity index (χ0) is 15.0. The van der Waals surface area contributed by atoms with Gasteiger partial charge in [-0.25, -0.2) is 0 Å². The SMILES string of the molecule is CCOC(=O)C1CCCN1CC(=O)NCCCC(=O)O. The molecule has 20 heavy (non-hydrogen) atoms. The van der Waals surface area contributed by atoms with Crippen molar-refractivity contribution in [3.8, 4) is 0 Å². The van der Waals surface area contributed by atoms with Crippen LogP contribution in [0.2, 0.25) is 0 Å². The van der Waals surface area contributed by atoms with Crippen molar-refractivity contribution in [1.29, 1.82) is 0 Å². The molecule has 0 bridgehead atoms. The number of hydrogen-bond donors (Lipinski definition) is 2. The summed E-state index contributed by atoms with van der Waals surface area (Å²) in [7, 11) is 0. The molecule has 7 nitrogen and oxygen atoms in total. The molecule has 2 N–H and O–H groups in total. The molecule has 114 valence electrons. The van der Waals surface area contributed by atoms with Gasteiger partial charge in [0.1, 0.15) is 6.04 Å². The van der Waals surface area contributed by atoms with E-state index in [4.69, 9.17) is 9.84 Å². The van der Waals surface area contributed by atoms with E-state index in [-0.39, 0.29) is 30.9 Å². The molecular weight excluding hydrogens is 264 g/mol. The summed E-state index contributed by atoms with van der Waals surface area (Å²) < 4.78 is 4.98. The summed E-state index contributed by atoms with van der Waals surface area (Å²) >= 11 is 0. The normalized spacial score (nSPS) is 18.8. The summed E-state index contributed by atoms with van der Waals surface area (Å²) in [6, 6.07) is -0.334. The predicted octanol–water partition coefficient (Wildman–Crippen LogP) is -0.00510. The number of nitrogens with one attached hydrogen (secondary N) is 1. The lowest BCUT2D eigenvalue weighted by Crippen LogP contribution is -2.43. The summed E-state index contributed by atoms with van der Waals surface area (Å²) in [5, 5.41) is 11.1. The minimum atomic E-state index is -0.874. The van der Waals surface area contributed by atoms with Crippen LogP contribution < -0.4 is 5.32 Å². The van der Waals surface area contributed by atoms with E-state index in [9.17, 15) is 14.4 Å². The van der Waals surface area contributed by atoms with E-state index in [0.717, 1.165) is 6.42 Å². The molecule has 0 aromatic heterocycles. The first-order valence-electron chi connectivity index (χ1n) is 6.93. The summed E-state index contributed by atoms with van der Waals surface area (Å²) in [5.74, 6) is -1.34. The van der Waals surface area contributed by atoms with Crippen LogP contribution in [0.25, 0.3) is 0 Å². The molecule has 0 aromatic rings. The Morgan fingerprint density at radius 2 is 2.15 bits per heavy atom. The Bertz CT molecular complexity index is 359. The molecule has 1 amide bonds. The molecule has 0 aliphatic carbocycles. The highest BCUT2D eigenvalue weighted by Crippen LogP contribution is 2.17. The van der Waals surface area contributed by atoms with Gasteiger partial charge in [-0.05, 0) is 32.7 Å². The van der Waals surface area contributed by atoms with Gasteiger partial charge in [-0.15, -0.1) is 0 Å². The number of carboxylic acids is 1. The minimum Gasteiger partial charge on any atom is -0.481 e. The van der Waals surface area contributed by atoms with Gasteiger partial charge in [-0.3, -0.25) is 19.3 Å². The van der Waals surface area contributed by atoms with Crippen molar-refractivity contribution in [1.82, 2.24) is 10.2 Å². The van der Waals surface area contributed by atoms with Crippen LogP contribution >= 0.6 is 0 Å². The molecule has 1 aliphatic heterocycles. The van der Waals surface area contributed by atoms with Gasteiger partial charge in [0.05, 0.1) is 13.2 Å². The molecule has 1 atom stereocenters. The fourth-order valence-electron chi connectivity index (χ4n) is 2.23. The maximum Gasteiger partial charge on any atom is 0.323 e. The topological polar surface area (TPSA) is 95.9 Å². The Kier molecular flexibility index (Phi) is 7.00. The summed E-state index contributed by atoms with van der Waals surface area (Å²) in [6.45, 7) is 3.28. The molecule has 0 aromatic carbocycles. The molecule has 0 saturated carbocycles. The van der Waals surface area contributed by atoms with Crippen LogP contribution in [-0.2, 0) is 19.1 Å². The van der Waals surface area contributed by atoms with Crippen molar-refractivity contribution in [3.05, 3.63) is 0 Å². The minimum absolute atomic E-state index is 0.0371. The molecule has 0 spiro atoms. The lowest BCUT2D eigenvalue weighted by Gasteiger charge is -2.22. The van der Waals surface area contributed by atoms with Gasteiger partial charge in [-0.1, -0.05) is 0 Å². The maximum absolute atomic E-state index is 11.7. The molecule has 1 heterocycles. The number of nitrogens with zero attached hydrogens (tertiary/aromatic N) is 1. The summed E-state index contributed by atoms with van der Waals surface area (Å²) in [4.78, 5) is 35.6. The van der Waals surface area contributed by atoms with Gasteiger partial charge < -0.3 is 15.2 Å². The standard InChI is InChI=1S/C13H22N2O5/c1-2-20-13(19)10-5-4-8-15(10)9-11(16)14-7-3-6-12(17)18/h10H,2-9H2,1H3,(H,14,16)(H,17,18). The number of carboxylic acid groups (broad SMARTS) is 1. The summed E-state index contributed by atoms with van der Waals surface area (Å²) in [6.07, 6.45) is 2.03. The summed E-state index contributed by atoms with van der Waals surface area (Å²) in [5.41, 5.74) is 0. The third-order valence-corrected chi connectivity index (χ3v) is 3.16. The number of aliphatic carboxylic acids is 1. The maximum atomic E-state index is 11.7. The fraction of sp³-hybridized carbons (Fsp3) is 0.769. The molecule has 1 saturated heterocycles. The average molecular weight is 286 g/mol. The van der Waals surface area contributed by atoms with Gasteiger partial charge in [0.2, 0.25) is 5.91 Å². The first kappa shape index (κ1) is 16.4. The zero-order valence-electron chi connectivity index (χ0n) is 11.8. The van der Waals surface area contributed by atoms with Crippen molar-refractivity contribution in [2.24, 2.45) is 0 Å². The number of rotatable bonds is 8. The second-order valence-corrected chi connectivity index (χ2v) is 4.73. The number of carbonyl (C=O) groups is 3. The molecule has 7 heteroatoms. The fourth-order valence-corrected chi connectivity index (χ4v) is 2.23. The van der Waals surface area contributed by atoms with Gasteiger partial charge in [0.15, 0.2) is 0 Å². The Balaban J connectivity index is 2.29. The monoisotopic (exact) mass is 286 g/mol. The molecule has 1 aliphatic rings. The highest BCUT2D eigenvalue weighted by atomic mass is 16.5. The molecule has 1 rings (SSSR count). The lowest BCUT2D eigenvalue weighted by atomic mass is 10.2. The van der Waals surface area contributed by atoms with Crippen LogP contribution in [0.1, 0.15) is 32.6 Å². The van der Waals surface area contributed by atoms with E-state index in [0.29, 0.717) is 32.5 Å². The average Bonchev–Trinajstić information content (AvgIpc) is 2.83. The first-order chi connectivity index (χ1) is 9.54. The number of hydrogen-bond acceptors (Lipinski definition) is 5. The number of likely N-dealkylation sites (tertiary alicyclic amines) is 1. The van der Waals surface area contributed by atoms with E-state index in [2.05, 4.69) is 5.32 Å². The van der Waals surface area contributed by atoms with Crippen LogP contribution in [0.4, 0.5) is 0 Å². The second-order valence-electron chi connectivity index (χ2n) is 4.73. The third-order valence-electron chi connectivity index (χ3n) is 3.16. The van der Waals surface area contributed by atoms with E-state index in [1.54, 1.807) is 6.92 Å². The van der Waals surface area contributed by atoms with E-state index in [1.165, 1.54) is 0 Å². The largest absolute Gasteiger partial charge is 0.481 e.